The van der Waals surface area contributed by atoms with Crippen LogP contribution in [0.25, 0.3) is 11.0 Å². The fraction of sp³-hybridized carbons (Fsp3) is 0.696. The fourth-order valence-electron chi connectivity index (χ4n) is 5.01. The molecular formula is C23H35N5O4. The van der Waals surface area contributed by atoms with Gasteiger partial charge in [-0.1, -0.05) is 0 Å². The lowest BCUT2D eigenvalue weighted by Gasteiger charge is -2.37. The lowest BCUT2D eigenvalue weighted by Crippen LogP contribution is -2.52. The zero-order valence-electron chi connectivity index (χ0n) is 19.6. The van der Waals surface area contributed by atoms with Crippen LogP contribution in [0.3, 0.4) is 0 Å². The van der Waals surface area contributed by atoms with E-state index in [4.69, 9.17) is 19.2 Å². The number of rotatable bonds is 8. The third-order valence-electron chi connectivity index (χ3n) is 6.85. The van der Waals surface area contributed by atoms with Gasteiger partial charge in [-0.3, -0.25) is 9.69 Å². The molecule has 32 heavy (non-hydrogen) atoms. The molecule has 0 saturated carbocycles. The van der Waals surface area contributed by atoms with Crippen molar-refractivity contribution in [2.75, 3.05) is 53.2 Å². The van der Waals surface area contributed by atoms with Crippen molar-refractivity contribution in [3.63, 3.8) is 0 Å². The molecule has 0 radical (unpaired) electrons. The maximum atomic E-state index is 12.8. The molecule has 4 rings (SSSR count). The highest BCUT2D eigenvalue weighted by atomic mass is 16.5. The number of carbonyl (C=O) groups excluding carboxylic acids is 1. The van der Waals surface area contributed by atoms with E-state index in [-0.39, 0.29) is 5.91 Å². The molecule has 1 N–H and O–H groups in total. The highest BCUT2D eigenvalue weighted by molar-refractivity contribution is 5.86. The molecule has 1 amide bonds. The molecule has 2 aliphatic heterocycles. The van der Waals surface area contributed by atoms with Crippen molar-refractivity contribution in [1.29, 1.82) is 0 Å². The third-order valence-corrected chi connectivity index (χ3v) is 6.85. The smallest absolute Gasteiger partial charge is 0.242 e. The molecule has 176 valence electrons. The molecule has 9 heteroatoms. The number of hydrogen-bond acceptors (Lipinski definition) is 7. The normalized spacial score (nSPS) is 20.6. The zero-order chi connectivity index (χ0) is 22.7. The Hall–Kier alpha value is -2.23. The topological polar surface area (TPSA) is 90.7 Å². The Labute approximate surface area is 189 Å². The average Bonchev–Trinajstić information content (AvgIpc) is 3.43. The Morgan fingerprint density at radius 2 is 2.03 bits per heavy atom. The van der Waals surface area contributed by atoms with Crippen molar-refractivity contribution >= 4 is 16.9 Å². The quantitative estimate of drug-likeness (QED) is 0.656. The summed E-state index contributed by atoms with van der Waals surface area (Å²) in [6, 6.07) is 0.298. The molecule has 2 atom stereocenters. The van der Waals surface area contributed by atoms with Gasteiger partial charge in [-0.25, -0.2) is 9.67 Å². The van der Waals surface area contributed by atoms with Crippen molar-refractivity contribution in [3.8, 4) is 5.88 Å². The number of fused-ring (bicyclic) bond motifs is 1. The Bertz CT molecular complexity index is 948. The number of aromatic nitrogens is 3. The first-order chi connectivity index (χ1) is 15.5. The molecule has 2 aliphatic rings. The second kappa shape index (κ2) is 10.1. The summed E-state index contributed by atoms with van der Waals surface area (Å²) in [6.07, 6.45) is 2.11. The van der Waals surface area contributed by atoms with Crippen LogP contribution in [0.15, 0.2) is 0 Å². The second-order valence-electron chi connectivity index (χ2n) is 8.78. The number of nitrogens with zero attached hydrogens (tertiary/aromatic N) is 4. The minimum absolute atomic E-state index is 0.0687. The largest absolute Gasteiger partial charge is 0.479 e. The first-order valence-electron chi connectivity index (χ1n) is 11.5. The van der Waals surface area contributed by atoms with E-state index in [1.165, 1.54) is 0 Å². The Morgan fingerprint density at radius 1 is 1.25 bits per heavy atom. The monoisotopic (exact) mass is 445 g/mol. The van der Waals surface area contributed by atoms with Gasteiger partial charge in [0.15, 0.2) is 5.65 Å². The van der Waals surface area contributed by atoms with Gasteiger partial charge >= 0.3 is 0 Å². The van der Waals surface area contributed by atoms with Crippen LogP contribution in [0.5, 0.6) is 5.88 Å². The summed E-state index contributed by atoms with van der Waals surface area (Å²) >= 11 is 0. The number of pyridine rings is 1. The number of morpholine rings is 1. The maximum Gasteiger partial charge on any atom is 0.242 e. The number of amides is 1. The van der Waals surface area contributed by atoms with E-state index in [0.717, 1.165) is 73.8 Å². The molecule has 0 bridgehead atoms. The van der Waals surface area contributed by atoms with Crippen molar-refractivity contribution < 1.29 is 19.0 Å². The van der Waals surface area contributed by atoms with Crippen LogP contribution in [0, 0.1) is 19.8 Å². The van der Waals surface area contributed by atoms with Gasteiger partial charge in [-0.2, -0.15) is 0 Å². The first kappa shape index (κ1) is 22.9. The maximum absolute atomic E-state index is 12.8. The zero-order valence-corrected chi connectivity index (χ0v) is 19.6. The predicted octanol–water partition coefficient (Wildman–Crippen LogP) is 1.38. The molecule has 4 heterocycles. The first-order valence-corrected chi connectivity index (χ1v) is 11.5. The molecule has 2 unspecified atom stereocenters. The van der Waals surface area contributed by atoms with E-state index in [0.29, 0.717) is 37.2 Å². The minimum atomic E-state index is 0.0687. The van der Waals surface area contributed by atoms with Crippen molar-refractivity contribution in [3.05, 3.63) is 16.8 Å². The van der Waals surface area contributed by atoms with Crippen LogP contribution in [-0.4, -0.2) is 84.8 Å². The summed E-state index contributed by atoms with van der Waals surface area (Å²) in [5.74, 6) is 1.10. The molecule has 0 spiro atoms. The molecule has 2 aromatic heterocycles. The summed E-state index contributed by atoms with van der Waals surface area (Å²) < 4.78 is 18.3. The second-order valence-corrected chi connectivity index (χ2v) is 8.78. The number of aryl methyl sites for hydroxylation is 3. The Morgan fingerprint density at radius 3 is 2.72 bits per heavy atom. The van der Waals surface area contributed by atoms with Crippen LogP contribution in [0.1, 0.15) is 29.7 Å². The van der Waals surface area contributed by atoms with Gasteiger partial charge in [-0.05, 0) is 37.8 Å². The number of carbonyl (C=O) groups is 1. The SMILES string of the molecule is COc1nn(C)c2nc(C)c(CCC(=O)NCC(C3CCOC3)N3CCOCC3)c(C)c12. The summed E-state index contributed by atoms with van der Waals surface area (Å²) in [4.78, 5) is 20.0. The summed E-state index contributed by atoms with van der Waals surface area (Å²) in [5, 5.41) is 8.52. The predicted molar refractivity (Wildman–Crippen MR) is 121 cm³/mol. The van der Waals surface area contributed by atoms with Gasteiger partial charge in [0.2, 0.25) is 11.8 Å². The van der Waals surface area contributed by atoms with E-state index in [1.807, 2.05) is 14.0 Å². The third kappa shape index (κ3) is 4.74. The molecule has 0 aliphatic carbocycles. The standard InChI is InChI=1S/C23H35N5O4/c1-15-18(16(2)25-22-21(15)23(30-4)26-27(22)3)5-6-20(29)24-13-19(17-7-10-32-14-17)28-8-11-31-12-9-28/h17,19H,5-14H2,1-4H3,(H,24,29). The molecule has 2 saturated heterocycles. The van der Waals surface area contributed by atoms with Crippen LogP contribution < -0.4 is 10.1 Å². The van der Waals surface area contributed by atoms with E-state index in [9.17, 15) is 4.79 Å². The van der Waals surface area contributed by atoms with Gasteiger partial charge < -0.3 is 19.5 Å². The average molecular weight is 446 g/mol. The van der Waals surface area contributed by atoms with Crippen LogP contribution in [0.2, 0.25) is 0 Å². The molecular weight excluding hydrogens is 410 g/mol. The fourth-order valence-corrected chi connectivity index (χ4v) is 5.01. The van der Waals surface area contributed by atoms with Gasteiger partial charge in [0, 0.05) is 57.4 Å². The molecule has 2 fully saturated rings. The van der Waals surface area contributed by atoms with Gasteiger partial charge in [0.05, 0.1) is 32.3 Å². The van der Waals surface area contributed by atoms with E-state index in [1.54, 1.807) is 11.8 Å². The number of hydrogen-bond donors (Lipinski definition) is 1. The minimum Gasteiger partial charge on any atom is -0.479 e. The van der Waals surface area contributed by atoms with E-state index >= 15 is 0 Å². The summed E-state index contributed by atoms with van der Waals surface area (Å²) in [5.41, 5.74) is 3.91. The van der Waals surface area contributed by atoms with Crippen molar-refractivity contribution in [1.82, 2.24) is 25.0 Å². The highest BCUT2D eigenvalue weighted by Gasteiger charge is 2.31. The number of ether oxygens (including phenoxy) is 3. The number of methoxy groups -OCH3 is 1. The number of nitrogens with one attached hydrogen (secondary N) is 1. The van der Waals surface area contributed by atoms with Gasteiger partial charge in [0.25, 0.3) is 0 Å². The van der Waals surface area contributed by atoms with Crippen LogP contribution >= 0.6 is 0 Å². The van der Waals surface area contributed by atoms with Gasteiger partial charge in [0.1, 0.15) is 0 Å². The molecule has 9 nitrogen and oxygen atoms in total. The van der Waals surface area contributed by atoms with Crippen molar-refractivity contribution in [2.24, 2.45) is 13.0 Å². The summed E-state index contributed by atoms with van der Waals surface area (Å²) in [7, 11) is 3.48. The molecule has 0 aromatic carbocycles. The Kier molecular flexibility index (Phi) is 7.27. The van der Waals surface area contributed by atoms with E-state index < -0.39 is 0 Å². The summed E-state index contributed by atoms with van der Waals surface area (Å²) in [6.45, 7) is 9.62. The van der Waals surface area contributed by atoms with E-state index in [2.05, 4.69) is 22.2 Å². The highest BCUT2D eigenvalue weighted by Crippen LogP contribution is 2.30. The lowest BCUT2D eigenvalue weighted by atomic mass is 9.96. The lowest BCUT2D eigenvalue weighted by molar-refractivity contribution is -0.121. The van der Waals surface area contributed by atoms with Crippen molar-refractivity contribution in [2.45, 2.75) is 39.2 Å². The van der Waals surface area contributed by atoms with Crippen LogP contribution in [0.4, 0.5) is 0 Å². The van der Waals surface area contributed by atoms with Crippen LogP contribution in [-0.2, 0) is 27.7 Å². The van der Waals surface area contributed by atoms with Gasteiger partial charge in [-0.15, -0.1) is 5.10 Å². The molecule has 2 aromatic rings. The Balaban J connectivity index is 1.40.